The van der Waals surface area contributed by atoms with Gasteiger partial charge in [0.05, 0.1) is 5.60 Å². The number of aliphatic hydroxyl groups is 1. The smallest absolute Gasteiger partial charge is 0.251 e. The summed E-state index contributed by atoms with van der Waals surface area (Å²) in [7, 11) is 2.04. The first kappa shape index (κ1) is 18.9. The monoisotopic (exact) mass is 372 g/mol. The number of carbonyl (C=O) groups is 1. The van der Waals surface area contributed by atoms with E-state index in [-0.39, 0.29) is 12.5 Å². The van der Waals surface area contributed by atoms with Gasteiger partial charge in [-0.05, 0) is 67.8 Å². The maximum Gasteiger partial charge on any atom is 0.251 e. The van der Waals surface area contributed by atoms with Crippen LogP contribution in [0.5, 0.6) is 0 Å². The van der Waals surface area contributed by atoms with E-state index in [1.54, 1.807) is 6.07 Å². The summed E-state index contributed by atoms with van der Waals surface area (Å²) in [6.07, 6.45) is 1.35. The number of carbonyl (C=O) groups excluding carboxylic acids is 1. The van der Waals surface area contributed by atoms with Crippen molar-refractivity contribution in [2.45, 2.75) is 25.4 Å². The van der Waals surface area contributed by atoms with Crippen molar-refractivity contribution in [2.24, 2.45) is 0 Å². The van der Waals surface area contributed by atoms with Gasteiger partial charge in [-0.3, -0.25) is 4.79 Å². The minimum absolute atomic E-state index is 0.161. The Hall–Kier alpha value is -1.88. The van der Waals surface area contributed by atoms with Gasteiger partial charge in [0.1, 0.15) is 0 Å². The number of hydrogen-bond donors (Lipinski definition) is 2. The molecule has 2 aromatic carbocycles. The lowest BCUT2D eigenvalue weighted by Gasteiger charge is -2.36. The van der Waals surface area contributed by atoms with Gasteiger partial charge in [0.15, 0.2) is 0 Å². The predicted octanol–water partition coefficient (Wildman–Crippen LogP) is 3.50. The number of likely N-dealkylation sites (tertiary alicyclic amines) is 1. The normalized spacial score (nSPS) is 17.1. The van der Waals surface area contributed by atoms with Crippen LogP contribution >= 0.6 is 11.6 Å². The molecule has 26 heavy (non-hydrogen) atoms. The molecule has 0 aromatic heterocycles. The minimum Gasteiger partial charge on any atom is -0.388 e. The first-order valence-electron chi connectivity index (χ1n) is 8.92. The van der Waals surface area contributed by atoms with Crippen molar-refractivity contribution in [3.05, 3.63) is 58.6 Å². The van der Waals surface area contributed by atoms with E-state index >= 15 is 0 Å². The molecule has 1 amide bonds. The number of halogens is 1. The van der Waals surface area contributed by atoms with Crippen LogP contribution in [0.3, 0.4) is 0 Å². The number of rotatable bonds is 4. The van der Waals surface area contributed by atoms with E-state index in [1.807, 2.05) is 50.4 Å². The molecule has 1 aliphatic heterocycles. The Bertz CT molecular complexity index is 798. The fraction of sp³-hybridized carbons (Fsp3) is 0.381. The number of hydrogen-bond acceptors (Lipinski definition) is 3. The molecule has 5 heteroatoms. The zero-order chi connectivity index (χ0) is 18.7. The van der Waals surface area contributed by atoms with Gasteiger partial charge in [0.2, 0.25) is 0 Å². The van der Waals surface area contributed by atoms with Gasteiger partial charge in [-0.1, -0.05) is 29.8 Å². The molecule has 0 saturated carbocycles. The second-order valence-electron chi connectivity index (χ2n) is 7.25. The Morgan fingerprint density at radius 2 is 1.96 bits per heavy atom. The lowest BCUT2D eigenvalue weighted by atomic mass is 9.91. The second kappa shape index (κ2) is 7.78. The third-order valence-corrected chi connectivity index (χ3v) is 5.36. The van der Waals surface area contributed by atoms with Crippen molar-refractivity contribution in [1.82, 2.24) is 10.2 Å². The van der Waals surface area contributed by atoms with Gasteiger partial charge >= 0.3 is 0 Å². The van der Waals surface area contributed by atoms with Crippen LogP contribution in [0.2, 0.25) is 5.02 Å². The molecule has 0 unspecified atom stereocenters. The van der Waals surface area contributed by atoms with Crippen LogP contribution in [-0.4, -0.2) is 48.2 Å². The number of amides is 1. The summed E-state index contributed by atoms with van der Waals surface area (Å²) in [4.78, 5) is 14.8. The van der Waals surface area contributed by atoms with Crippen molar-refractivity contribution in [1.29, 1.82) is 0 Å². The highest BCUT2D eigenvalue weighted by atomic mass is 35.5. The lowest BCUT2D eigenvalue weighted by Crippen LogP contribution is -2.50. The molecular formula is C21H25ClN2O2. The average Bonchev–Trinajstić information content (AvgIpc) is 2.63. The summed E-state index contributed by atoms with van der Waals surface area (Å²) in [5.41, 5.74) is 2.87. The summed E-state index contributed by atoms with van der Waals surface area (Å²) in [6.45, 7) is 3.98. The van der Waals surface area contributed by atoms with E-state index in [0.717, 1.165) is 29.8 Å². The largest absolute Gasteiger partial charge is 0.388 e. The van der Waals surface area contributed by atoms with E-state index in [0.29, 0.717) is 23.4 Å². The molecule has 138 valence electrons. The number of benzene rings is 2. The highest BCUT2D eigenvalue weighted by molar-refractivity contribution is 6.30. The molecule has 2 N–H and O–H groups in total. The van der Waals surface area contributed by atoms with Gasteiger partial charge in [-0.15, -0.1) is 0 Å². The molecule has 1 aliphatic rings. The van der Waals surface area contributed by atoms with Gasteiger partial charge in [0, 0.05) is 30.2 Å². The van der Waals surface area contributed by atoms with Gasteiger partial charge < -0.3 is 15.3 Å². The number of aryl methyl sites for hydroxylation is 1. The van der Waals surface area contributed by atoms with E-state index in [2.05, 4.69) is 10.2 Å². The fourth-order valence-corrected chi connectivity index (χ4v) is 3.56. The molecule has 0 spiro atoms. The van der Waals surface area contributed by atoms with Crippen LogP contribution in [-0.2, 0) is 0 Å². The highest BCUT2D eigenvalue weighted by Crippen LogP contribution is 2.27. The topological polar surface area (TPSA) is 52.6 Å². The van der Waals surface area contributed by atoms with Crippen LogP contribution in [0.25, 0.3) is 11.1 Å². The Labute approximate surface area is 159 Å². The Morgan fingerprint density at radius 3 is 2.65 bits per heavy atom. The van der Waals surface area contributed by atoms with E-state index in [9.17, 15) is 9.90 Å². The zero-order valence-corrected chi connectivity index (χ0v) is 16.0. The molecule has 1 fully saturated rings. The van der Waals surface area contributed by atoms with Crippen LogP contribution in [0.15, 0.2) is 42.5 Å². The molecule has 0 atom stereocenters. The number of nitrogens with zero attached hydrogens (tertiary/aromatic N) is 1. The molecule has 0 aliphatic carbocycles. The second-order valence-corrected chi connectivity index (χ2v) is 7.69. The Kier molecular flexibility index (Phi) is 5.66. The number of nitrogens with one attached hydrogen (secondary N) is 1. The maximum atomic E-state index is 12.6. The molecule has 1 heterocycles. The maximum absolute atomic E-state index is 12.6. The molecule has 1 saturated heterocycles. The van der Waals surface area contributed by atoms with E-state index in [1.165, 1.54) is 0 Å². The average molecular weight is 373 g/mol. The SMILES string of the molecule is Cc1cc(Cl)ccc1-c1cccc(C(=O)NCC2(O)CCN(C)CC2)c1. The predicted molar refractivity (Wildman–Crippen MR) is 106 cm³/mol. The van der Waals surface area contributed by atoms with Crippen molar-refractivity contribution in [3.63, 3.8) is 0 Å². The van der Waals surface area contributed by atoms with Crippen molar-refractivity contribution in [2.75, 3.05) is 26.7 Å². The van der Waals surface area contributed by atoms with Crippen LogP contribution in [0.4, 0.5) is 0 Å². The summed E-state index contributed by atoms with van der Waals surface area (Å²) >= 11 is 6.03. The van der Waals surface area contributed by atoms with Gasteiger partial charge in [0.25, 0.3) is 5.91 Å². The zero-order valence-electron chi connectivity index (χ0n) is 15.3. The third kappa shape index (κ3) is 4.44. The van der Waals surface area contributed by atoms with Crippen molar-refractivity contribution < 1.29 is 9.90 Å². The first-order chi connectivity index (χ1) is 12.4. The van der Waals surface area contributed by atoms with Gasteiger partial charge in [-0.2, -0.15) is 0 Å². The minimum atomic E-state index is -0.813. The molecule has 3 rings (SSSR count). The molecule has 4 nitrogen and oxygen atoms in total. The summed E-state index contributed by atoms with van der Waals surface area (Å²) in [5.74, 6) is -0.161. The van der Waals surface area contributed by atoms with Crippen LogP contribution < -0.4 is 5.32 Å². The van der Waals surface area contributed by atoms with Crippen molar-refractivity contribution in [3.8, 4) is 11.1 Å². The standard InChI is InChI=1S/C21H25ClN2O2/c1-15-12-18(22)6-7-19(15)16-4-3-5-17(13-16)20(25)23-14-21(26)8-10-24(2)11-9-21/h3-7,12-13,26H,8-11,14H2,1-2H3,(H,23,25). The Morgan fingerprint density at radius 1 is 1.23 bits per heavy atom. The summed E-state index contributed by atoms with van der Waals surface area (Å²) < 4.78 is 0. The van der Waals surface area contributed by atoms with Crippen LogP contribution in [0, 0.1) is 6.92 Å². The van der Waals surface area contributed by atoms with Gasteiger partial charge in [-0.25, -0.2) is 0 Å². The highest BCUT2D eigenvalue weighted by Gasteiger charge is 2.31. The first-order valence-corrected chi connectivity index (χ1v) is 9.30. The lowest BCUT2D eigenvalue weighted by molar-refractivity contribution is -0.0135. The van der Waals surface area contributed by atoms with E-state index < -0.39 is 5.60 Å². The van der Waals surface area contributed by atoms with Crippen molar-refractivity contribution >= 4 is 17.5 Å². The fourth-order valence-electron chi connectivity index (χ4n) is 3.34. The molecule has 0 radical (unpaired) electrons. The van der Waals surface area contributed by atoms with E-state index in [4.69, 9.17) is 11.6 Å². The Balaban J connectivity index is 1.70. The molecule has 2 aromatic rings. The molecular weight excluding hydrogens is 348 g/mol. The number of piperidine rings is 1. The molecule has 0 bridgehead atoms. The third-order valence-electron chi connectivity index (χ3n) is 5.12. The summed E-state index contributed by atoms with van der Waals surface area (Å²) in [5, 5.41) is 14.2. The summed E-state index contributed by atoms with van der Waals surface area (Å²) in [6, 6.07) is 13.3. The van der Waals surface area contributed by atoms with Crippen LogP contribution in [0.1, 0.15) is 28.8 Å². The quantitative estimate of drug-likeness (QED) is 0.863.